The fourth-order valence-corrected chi connectivity index (χ4v) is 5.10. The Morgan fingerprint density at radius 1 is 1.30 bits per heavy atom. The standard InChI is InChI=1S/C17H33NOS/c1-3-5-6-7-16(18-10-4-2)15-8-11-19-17(13-15)9-12-20-14-17/h15-16,18H,3-14H2,1-2H3. The van der Waals surface area contributed by atoms with Gasteiger partial charge in [0.05, 0.1) is 5.60 Å². The zero-order valence-corrected chi connectivity index (χ0v) is 14.3. The summed E-state index contributed by atoms with van der Waals surface area (Å²) in [6.45, 7) is 6.74. The Morgan fingerprint density at radius 2 is 2.20 bits per heavy atom. The number of unbranched alkanes of at least 4 members (excludes halogenated alkanes) is 2. The van der Waals surface area contributed by atoms with Gasteiger partial charge >= 0.3 is 0 Å². The molecule has 2 rings (SSSR count). The Hall–Kier alpha value is 0.270. The molecule has 0 aliphatic carbocycles. The van der Waals surface area contributed by atoms with E-state index in [9.17, 15) is 0 Å². The number of rotatable bonds is 8. The topological polar surface area (TPSA) is 21.3 Å². The summed E-state index contributed by atoms with van der Waals surface area (Å²) in [6.07, 6.45) is 10.5. The van der Waals surface area contributed by atoms with Gasteiger partial charge in [-0.3, -0.25) is 0 Å². The van der Waals surface area contributed by atoms with E-state index in [0.717, 1.165) is 18.6 Å². The van der Waals surface area contributed by atoms with E-state index < -0.39 is 0 Å². The predicted molar refractivity (Wildman–Crippen MR) is 89.6 cm³/mol. The molecule has 118 valence electrons. The highest BCUT2D eigenvalue weighted by Gasteiger charge is 2.42. The predicted octanol–water partition coefficient (Wildman–Crippen LogP) is 4.24. The molecule has 2 aliphatic rings. The summed E-state index contributed by atoms with van der Waals surface area (Å²) in [4.78, 5) is 0. The van der Waals surface area contributed by atoms with Gasteiger partial charge in [0.15, 0.2) is 0 Å². The van der Waals surface area contributed by atoms with Gasteiger partial charge in [-0.05, 0) is 50.3 Å². The normalized spacial score (nSPS) is 31.8. The minimum Gasteiger partial charge on any atom is -0.374 e. The Bertz CT molecular complexity index is 266. The molecule has 2 saturated heterocycles. The number of hydrogen-bond donors (Lipinski definition) is 1. The van der Waals surface area contributed by atoms with Crippen molar-refractivity contribution in [1.29, 1.82) is 0 Å². The van der Waals surface area contributed by atoms with E-state index in [0.29, 0.717) is 0 Å². The van der Waals surface area contributed by atoms with Crippen molar-refractivity contribution in [3.8, 4) is 0 Å². The molecule has 0 bridgehead atoms. The molecular formula is C17H33NOS. The molecule has 1 spiro atoms. The highest BCUT2D eigenvalue weighted by molar-refractivity contribution is 7.99. The maximum Gasteiger partial charge on any atom is 0.0783 e. The first-order chi connectivity index (χ1) is 9.79. The molecule has 2 aliphatic heterocycles. The van der Waals surface area contributed by atoms with E-state index in [4.69, 9.17) is 4.74 Å². The SMILES string of the molecule is CCCCCC(NCCC)C1CCOC2(CCSC2)C1. The second-order valence-electron chi connectivity index (χ2n) is 6.64. The van der Waals surface area contributed by atoms with Crippen molar-refractivity contribution in [2.45, 2.75) is 76.9 Å². The highest BCUT2D eigenvalue weighted by atomic mass is 32.2. The third-order valence-corrected chi connectivity index (χ3v) is 6.17. The maximum absolute atomic E-state index is 6.19. The van der Waals surface area contributed by atoms with Crippen molar-refractivity contribution in [2.75, 3.05) is 24.7 Å². The lowest BCUT2D eigenvalue weighted by Gasteiger charge is -2.41. The number of ether oxygens (including phenoxy) is 1. The van der Waals surface area contributed by atoms with Gasteiger partial charge in [0.2, 0.25) is 0 Å². The van der Waals surface area contributed by atoms with Crippen molar-refractivity contribution in [3.63, 3.8) is 0 Å². The lowest BCUT2D eigenvalue weighted by molar-refractivity contribution is -0.0855. The van der Waals surface area contributed by atoms with Crippen LogP contribution in [-0.4, -0.2) is 36.3 Å². The molecule has 0 aromatic heterocycles. The molecule has 1 N–H and O–H groups in total. The Balaban J connectivity index is 1.88. The maximum atomic E-state index is 6.19. The van der Waals surface area contributed by atoms with Crippen LogP contribution >= 0.6 is 11.8 Å². The van der Waals surface area contributed by atoms with Crippen molar-refractivity contribution >= 4 is 11.8 Å². The molecule has 0 radical (unpaired) electrons. The molecule has 3 heteroatoms. The monoisotopic (exact) mass is 299 g/mol. The zero-order chi connectivity index (χ0) is 14.3. The minimum absolute atomic E-state index is 0.241. The summed E-state index contributed by atoms with van der Waals surface area (Å²) in [5.74, 6) is 3.38. The molecule has 0 amide bonds. The lowest BCUT2D eigenvalue weighted by Crippen LogP contribution is -2.47. The van der Waals surface area contributed by atoms with Crippen molar-refractivity contribution in [2.24, 2.45) is 5.92 Å². The quantitative estimate of drug-likeness (QED) is 0.677. The first kappa shape index (κ1) is 16.6. The van der Waals surface area contributed by atoms with Crippen molar-refractivity contribution < 1.29 is 4.74 Å². The third kappa shape index (κ3) is 4.64. The second-order valence-corrected chi connectivity index (χ2v) is 7.75. The Morgan fingerprint density at radius 3 is 2.90 bits per heavy atom. The van der Waals surface area contributed by atoms with Crippen molar-refractivity contribution in [1.82, 2.24) is 5.32 Å². The summed E-state index contributed by atoms with van der Waals surface area (Å²) < 4.78 is 6.19. The largest absolute Gasteiger partial charge is 0.374 e. The van der Waals surface area contributed by atoms with Gasteiger partial charge in [0.25, 0.3) is 0 Å². The van der Waals surface area contributed by atoms with Crippen LogP contribution in [-0.2, 0) is 4.74 Å². The molecule has 20 heavy (non-hydrogen) atoms. The Kier molecular flexibility index (Phi) is 7.20. The summed E-state index contributed by atoms with van der Waals surface area (Å²) >= 11 is 2.09. The van der Waals surface area contributed by atoms with E-state index in [-0.39, 0.29) is 5.60 Å². The third-order valence-electron chi connectivity index (χ3n) is 4.94. The number of hydrogen-bond acceptors (Lipinski definition) is 3. The van der Waals surface area contributed by atoms with Gasteiger partial charge in [-0.15, -0.1) is 0 Å². The lowest BCUT2D eigenvalue weighted by atomic mass is 9.79. The molecule has 2 fully saturated rings. The van der Waals surface area contributed by atoms with Crippen LogP contribution in [0.5, 0.6) is 0 Å². The summed E-state index contributed by atoms with van der Waals surface area (Å²) in [6, 6.07) is 0.730. The minimum atomic E-state index is 0.241. The number of nitrogens with one attached hydrogen (secondary N) is 1. The van der Waals surface area contributed by atoms with Gasteiger partial charge in [0.1, 0.15) is 0 Å². The molecule has 3 unspecified atom stereocenters. The smallest absolute Gasteiger partial charge is 0.0783 e. The van der Waals surface area contributed by atoms with Gasteiger partial charge in [-0.2, -0.15) is 11.8 Å². The molecule has 0 aromatic rings. The first-order valence-corrected chi connectivity index (χ1v) is 9.90. The molecule has 3 atom stereocenters. The fraction of sp³-hybridized carbons (Fsp3) is 1.00. The van der Waals surface area contributed by atoms with Gasteiger partial charge < -0.3 is 10.1 Å². The van der Waals surface area contributed by atoms with Gasteiger partial charge in [-0.25, -0.2) is 0 Å². The molecule has 2 nitrogen and oxygen atoms in total. The Labute approximate surface area is 129 Å². The molecule has 0 aromatic carbocycles. The highest BCUT2D eigenvalue weighted by Crippen LogP contribution is 2.41. The summed E-state index contributed by atoms with van der Waals surface area (Å²) in [5.41, 5.74) is 0.241. The average molecular weight is 300 g/mol. The van der Waals surface area contributed by atoms with Crippen LogP contribution in [0.4, 0.5) is 0 Å². The second kappa shape index (κ2) is 8.65. The molecular weight excluding hydrogens is 266 g/mol. The van der Waals surface area contributed by atoms with Crippen molar-refractivity contribution in [3.05, 3.63) is 0 Å². The van der Waals surface area contributed by atoms with Gasteiger partial charge in [-0.1, -0.05) is 33.1 Å². The van der Waals surface area contributed by atoms with Crippen LogP contribution in [0.15, 0.2) is 0 Å². The van der Waals surface area contributed by atoms with Gasteiger partial charge in [0, 0.05) is 18.4 Å². The van der Waals surface area contributed by atoms with Crippen LogP contribution in [0.1, 0.15) is 65.2 Å². The number of thioether (sulfide) groups is 1. The summed E-state index contributed by atoms with van der Waals surface area (Å²) in [5, 5.41) is 3.84. The van der Waals surface area contributed by atoms with E-state index in [1.54, 1.807) is 0 Å². The first-order valence-electron chi connectivity index (χ1n) is 8.75. The zero-order valence-electron chi connectivity index (χ0n) is 13.5. The van der Waals surface area contributed by atoms with Crippen LogP contribution in [0.2, 0.25) is 0 Å². The molecule has 2 heterocycles. The van der Waals surface area contributed by atoms with E-state index >= 15 is 0 Å². The molecule has 0 saturated carbocycles. The van der Waals surface area contributed by atoms with Crippen LogP contribution < -0.4 is 5.32 Å². The van der Waals surface area contributed by atoms with E-state index in [1.165, 1.54) is 69.4 Å². The van der Waals surface area contributed by atoms with Crippen LogP contribution in [0.3, 0.4) is 0 Å². The van der Waals surface area contributed by atoms with Crippen LogP contribution in [0, 0.1) is 5.92 Å². The van der Waals surface area contributed by atoms with E-state index in [2.05, 4.69) is 30.9 Å². The fourth-order valence-electron chi connectivity index (χ4n) is 3.72. The summed E-state index contributed by atoms with van der Waals surface area (Å²) in [7, 11) is 0. The van der Waals surface area contributed by atoms with E-state index in [1.807, 2.05) is 0 Å². The average Bonchev–Trinajstić information content (AvgIpc) is 2.90. The van der Waals surface area contributed by atoms with Crippen LogP contribution in [0.25, 0.3) is 0 Å².